The van der Waals surface area contributed by atoms with Crippen molar-refractivity contribution in [2.75, 3.05) is 6.61 Å². The first-order valence-corrected chi connectivity index (χ1v) is 7.98. The van der Waals surface area contributed by atoms with Gasteiger partial charge < -0.3 is 13.9 Å². The molecule has 1 aromatic heterocycles. The van der Waals surface area contributed by atoms with Gasteiger partial charge in [0.05, 0.1) is 0 Å². The van der Waals surface area contributed by atoms with Crippen LogP contribution in [0.2, 0.25) is 0 Å². The molecule has 2 aromatic rings. The first-order valence-electron chi connectivity index (χ1n) is 7.98. The van der Waals surface area contributed by atoms with Gasteiger partial charge in [-0.15, -0.1) is 0 Å². The Morgan fingerprint density at radius 3 is 2.78 bits per heavy atom. The summed E-state index contributed by atoms with van der Waals surface area (Å²) in [6.07, 6.45) is 5.34. The second kappa shape index (κ2) is 6.86. The Bertz CT molecular complexity index is 756. The Labute approximate surface area is 134 Å². The number of carbonyl (C=O) groups excluding carboxylic acids is 1. The number of benzene rings is 1. The van der Waals surface area contributed by atoms with E-state index in [0.717, 1.165) is 36.6 Å². The van der Waals surface area contributed by atoms with Crippen LogP contribution in [0, 0.1) is 6.92 Å². The van der Waals surface area contributed by atoms with Gasteiger partial charge >= 0.3 is 11.6 Å². The summed E-state index contributed by atoms with van der Waals surface area (Å²) in [7, 11) is 0. The third-order valence-corrected chi connectivity index (χ3v) is 4.13. The summed E-state index contributed by atoms with van der Waals surface area (Å²) in [5.41, 5.74) is 0.900. The topological polar surface area (TPSA) is 65.7 Å². The van der Waals surface area contributed by atoms with Gasteiger partial charge in [0.2, 0.25) is 0 Å². The zero-order valence-corrected chi connectivity index (χ0v) is 13.2. The molecule has 1 aromatic carbocycles. The smallest absolute Gasteiger partial charge is 0.344 e. The highest BCUT2D eigenvalue weighted by molar-refractivity contribution is 5.81. The van der Waals surface area contributed by atoms with E-state index < -0.39 is 5.63 Å². The summed E-state index contributed by atoms with van der Waals surface area (Å²) >= 11 is 0. The van der Waals surface area contributed by atoms with Crippen LogP contribution >= 0.6 is 0 Å². The zero-order valence-electron chi connectivity index (χ0n) is 13.2. The van der Waals surface area contributed by atoms with E-state index >= 15 is 0 Å². The van der Waals surface area contributed by atoms with Gasteiger partial charge in [-0.1, -0.05) is 6.42 Å². The highest BCUT2D eigenvalue weighted by Crippen LogP contribution is 2.23. The van der Waals surface area contributed by atoms with E-state index in [1.54, 1.807) is 12.1 Å². The average molecular weight is 316 g/mol. The average Bonchev–Trinajstić information content (AvgIpc) is 2.53. The van der Waals surface area contributed by atoms with Gasteiger partial charge in [-0.2, -0.15) is 0 Å². The normalized spacial score (nSPS) is 15.5. The third kappa shape index (κ3) is 3.92. The summed E-state index contributed by atoms with van der Waals surface area (Å²) in [4.78, 5) is 23.3. The molecule has 0 atom stereocenters. The summed E-state index contributed by atoms with van der Waals surface area (Å²) in [6, 6.07) is 6.64. The van der Waals surface area contributed by atoms with E-state index in [4.69, 9.17) is 13.9 Å². The van der Waals surface area contributed by atoms with Crippen molar-refractivity contribution in [2.24, 2.45) is 0 Å². The van der Waals surface area contributed by atoms with E-state index in [-0.39, 0.29) is 18.7 Å². The number of hydrogen-bond acceptors (Lipinski definition) is 5. The molecule has 1 fully saturated rings. The quantitative estimate of drug-likeness (QED) is 0.639. The van der Waals surface area contributed by atoms with Crippen molar-refractivity contribution < 1.29 is 18.7 Å². The lowest BCUT2D eigenvalue weighted by Crippen LogP contribution is -2.24. The molecule has 0 amide bonds. The molecule has 0 saturated heterocycles. The third-order valence-electron chi connectivity index (χ3n) is 4.13. The van der Waals surface area contributed by atoms with Gasteiger partial charge in [0.15, 0.2) is 6.61 Å². The van der Waals surface area contributed by atoms with E-state index in [0.29, 0.717) is 11.3 Å². The maximum absolute atomic E-state index is 11.8. The molecule has 0 radical (unpaired) electrons. The van der Waals surface area contributed by atoms with E-state index in [9.17, 15) is 9.59 Å². The molecule has 1 aliphatic carbocycles. The maximum Gasteiger partial charge on any atom is 0.344 e. The van der Waals surface area contributed by atoms with Crippen molar-refractivity contribution in [2.45, 2.75) is 45.1 Å². The van der Waals surface area contributed by atoms with Gasteiger partial charge in [-0.05, 0) is 50.3 Å². The van der Waals surface area contributed by atoms with Crippen LogP contribution in [-0.2, 0) is 9.53 Å². The standard InChI is InChI=1S/C18H20O5/c1-12-9-17(19)23-16-10-14(7-8-15(12)16)21-11-18(20)22-13-5-3-2-4-6-13/h7-10,13H,2-6,11H2,1H3. The van der Waals surface area contributed by atoms with Crippen LogP contribution in [0.3, 0.4) is 0 Å². The first kappa shape index (κ1) is 15.6. The Kier molecular flexibility index (Phi) is 4.65. The van der Waals surface area contributed by atoms with Gasteiger partial charge in [0.25, 0.3) is 0 Å². The number of ether oxygens (including phenoxy) is 2. The van der Waals surface area contributed by atoms with Crippen molar-refractivity contribution in [3.63, 3.8) is 0 Å². The van der Waals surface area contributed by atoms with Crippen LogP contribution in [0.1, 0.15) is 37.7 Å². The van der Waals surface area contributed by atoms with Crippen LogP contribution in [0.15, 0.2) is 33.5 Å². The molecular weight excluding hydrogens is 296 g/mol. The molecule has 0 aliphatic heterocycles. The molecule has 0 unspecified atom stereocenters. The Hall–Kier alpha value is -2.30. The highest BCUT2D eigenvalue weighted by atomic mass is 16.6. The van der Waals surface area contributed by atoms with Gasteiger partial charge in [0, 0.05) is 17.5 Å². The van der Waals surface area contributed by atoms with E-state index in [1.165, 1.54) is 12.5 Å². The summed E-state index contributed by atoms with van der Waals surface area (Å²) in [5, 5.41) is 0.849. The molecule has 3 rings (SSSR count). The monoisotopic (exact) mass is 316 g/mol. The van der Waals surface area contributed by atoms with E-state index in [2.05, 4.69) is 0 Å². The van der Waals surface area contributed by atoms with Crippen LogP contribution in [-0.4, -0.2) is 18.7 Å². The number of rotatable bonds is 4. The van der Waals surface area contributed by atoms with Crippen molar-refractivity contribution in [1.29, 1.82) is 0 Å². The Balaban J connectivity index is 1.62. The minimum atomic E-state index is -0.399. The van der Waals surface area contributed by atoms with Crippen molar-refractivity contribution in [3.05, 3.63) is 40.2 Å². The fourth-order valence-electron chi connectivity index (χ4n) is 2.94. The number of hydrogen-bond donors (Lipinski definition) is 0. The van der Waals surface area contributed by atoms with Crippen molar-refractivity contribution in [1.82, 2.24) is 0 Å². The lowest BCUT2D eigenvalue weighted by molar-refractivity contribution is -0.152. The SMILES string of the molecule is Cc1cc(=O)oc2cc(OCC(=O)OC3CCCCC3)ccc12. The number of aryl methyl sites for hydroxylation is 1. The van der Waals surface area contributed by atoms with Gasteiger partial charge in [-0.3, -0.25) is 0 Å². The molecule has 0 spiro atoms. The fourth-order valence-corrected chi connectivity index (χ4v) is 2.94. The first-order chi connectivity index (χ1) is 11.1. The van der Waals surface area contributed by atoms with Gasteiger partial charge in [-0.25, -0.2) is 9.59 Å². The van der Waals surface area contributed by atoms with Crippen molar-refractivity contribution in [3.8, 4) is 5.75 Å². The lowest BCUT2D eigenvalue weighted by atomic mass is 9.98. The largest absolute Gasteiger partial charge is 0.482 e. The molecule has 1 aliphatic rings. The van der Waals surface area contributed by atoms with Crippen LogP contribution in [0.5, 0.6) is 5.75 Å². The molecule has 0 bridgehead atoms. The van der Waals surface area contributed by atoms with Crippen LogP contribution in [0.25, 0.3) is 11.0 Å². The van der Waals surface area contributed by atoms with E-state index in [1.807, 2.05) is 13.0 Å². The minimum absolute atomic E-state index is 0.0251. The molecule has 122 valence electrons. The number of carbonyl (C=O) groups is 1. The summed E-state index contributed by atoms with van der Waals surface area (Å²) in [5.74, 6) is 0.120. The number of esters is 1. The molecule has 1 saturated carbocycles. The second-order valence-electron chi connectivity index (χ2n) is 5.94. The van der Waals surface area contributed by atoms with Crippen LogP contribution in [0.4, 0.5) is 0 Å². The predicted octanol–water partition coefficient (Wildman–Crippen LogP) is 3.36. The summed E-state index contributed by atoms with van der Waals surface area (Å²) < 4.78 is 16.0. The van der Waals surface area contributed by atoms with Crippen molar-refractivity contribution >= 4 is 16.9 Å². The molecule has 5 heteroatoms. The number of fused-ring (bicyclic) bond motifs is 1. The predicted molar refractivity (Wildman–Crippen MR) is 85.7 cm³/mol. The maximum atomic E-state index is 11.8. The Morgan fingerprint density at radius 1 is 1.22 bits per heavy atom. The molecule has 1 heterocycles. The fraction of sp³-hybridized carbons (Fsp3) is 0.444. The summed E-state index contributed by atoms with van der Waals surface area (Å²) in [6.45, 7) is 1.71. The molecular formula is C18H20O5. The lowest BCUT2D eigenvalue weighted by Gasteiger charge is -2.21. The molecule has 23 heavy (non-hydrogen) atoms. The van der Waals surface area contributed by atoms with Crippen LogP contribution < -0.4 is 10.4 Å². The minimum Gasteiger partial charge on any atom is -0.482 e. The highest BCUT2D eigenvalue weighted by Gasteiger charge is 2.18. The van der Waals surface area contributed by atoms with Gasteiger partial charge in [0.1, 0.15) is 17.4 Å². The molecule has 0 N–H and O–H groups in total. The zero-order chi connectivity index (χ0) is 16.2. The second-order valence-corrected chi connectivity index (χ2v) is 5.94. The molecule has 5 nitrogen and oxygen atoms in total. The Morgan fingerprint density at radius 2 is 2.00 bits per heavy atom.